The predicted octanol–water partition coefficient (Wildman–Crippen LogP) is 13.4. The largest absolute Gasteiger partial charge is 0.389 e. The van der Waals surface area contributed by atoms with Gasteiger partial charge < -0.3 is 39.7 Å². The first-order chi connectivity index (χ1) is 36.5. The van der Waals surface area contributed by atoms with E-state index in [1.54, 1.807) is 0 Å². The summed E-state index contributed by atoms with van der Waals surface area (Å²) in [5.41, 5.74) is 10.9. The number of nitrogens with one attached hydrogen (secondary N) is 2. The Balaban J connectivity index is 0.000000186. The van der Waals surface area contributed by atoms with Crippen LogP contribution in [0.3, 0.4) is 0 Å². The van der Waals surface area contributed by atoms with E-state index in [1.165, 1.54) is 41.1 Å². The molecule has 76 heavy (non-hydrogen) atoms. The molecule has 6 aliphatic rings. The summed E-state index contributed by atoms with van der Waals surface area (Å²) in [5, 5.41) is 5.84. The highest BCUT2D eigenvalue weighted by atomic mass is 19.4. The molecule has 410 valence electrons. The third-order valence-electron chi connectivity index (χ3n) is 15.7. The number of amides is 4. The minimum atomic E-state index is -4.21. The molecule has 2 aromatic carbocycles. The molecule has 10 rings (SSSR count). The number of aromatic nitrogens is 2. The zero-order chi connectivity index (χ0) is 53.4. The predicted molar refractivity (Wildman–Crippen MR) is 286 cm³/mol. The Hall–Kier alpha value is -5.88. The van der Waals surface area contributed by atoms with Crippen LogP contribution in [0.15, 0.2) is 66.7 Å². The SMILES string of the molecule is Cc1ccc(NC(=O)N2CC[C@@H](CC(F)(F)F)C2)cc1-c1cc(C2=CCCCC2)nc(N2CCOCC2)c1.Cc1ccc(NC(=O)N2CC[C@@H](CC(F)(F)F)C2)cc1-c1cc(C2CCCCC2)nc(N2CCOCC2)c1. The van der Waals surface area contributed by atoms with Crippen LogP contribution in [0.25, 0.3) is 27.8 Å². The number of benzene rings is 2. The van der Waals surface area contributed by atoms with E-state index < -0.39 is 37.0 Å². The lowest BCUT2D eigenvalue weighted by Crippen LogP contribution is -2.37. The highest BCUT2D eigenvalue weighted by molar-refractivity contribution is 5.92. The lowest BCUT2D eigenvalue weighted by molar-refractivity contribution is -0.144. The molecule has 1 saturated carbocycles. The van der Waals surface area contributed by atoms with Crippen molar-refractivity contribution < 1.29 is 45.4 Å². The van der Waals surface area contributed by atoms with E-state index in [1.807, 2.05) is 43.3 Å². The summed E-state index contributed by atoms with van der Waals surface area (Å²) in [4.78, 5) is 43.4. The van der Waals surface area contributed by atoms with Gasteiger partial charge in [0.2, 0.25) is 0 Å². The van der Waals surface area contributed by atoms with Crippen LogP contribution in [-0.2, 0) is 9.47 Å². The second kappa shape index (κ2) is 24.6. The van der Waals surface area contributed by atoms with Gasteiger partial charge in [0.15, 0.2) is 0 Å². The molecule has 0 unspecified atom stereocenters. The van der Waals surface area contributed by atoms with E-state index in [9.17, 15) is 35.9 Å². The molecular formula is C58H72F6N8O4. The second-order valence-corrected chi connectivity index (χ2v) is 21.5. The first-order valence-electron chi connectivity index (χ1n) is 27.4. The van der Waals surface area contributed by atoms with Gasteiger partial charge in [-0.25, -0.2) is 19.6 Å². The number of likely N-dealkylation sites (tertiary alicyclic amines) is 2. The molecule has 6 heterocycles. The molecule has 0 spiro atoms. The summed E-state index contributed by atoms with van der Waals surface area (Å²) in [6.07, 6.45) is 3.40. The topological polar surface area (TPSA) is 115 Å². The Morgan fingerprint density at radius 2 is 1.09 bits per heavy atom. The number of morpholine rings is 2. The van der Waals surface area contributed by atoms with E-state index >= 15 is 0 Å². The molecule has 2 aliphatic carbocycles. The number of rotatable bonds is 10. The summed E-state index contributed by atoms with van der Waals surface area (Å²) >= 11 is 0. The Kier molecular flexibility index (Phi) is 17.8. The summed E-state index contributed by atoms with van der Waals surface area (Å²) in [5.74, 6) is 1.26. The van der Waals surface area contributed by atoms with Crippen molar-refractivity contribution in [2.45, 2.75) is 116 Å². The van der Waals surface area contributed by atoms with Crippen molar-refractivity contribution in [1.29, 1.82) is 0 Å². The first kappa shape index (κ1) is 54.9. The van der Waals surface area contributed by atoms with E-state index in [2.05, 4.69) is 57.7 Å². The van der Waals surface area contributed by atoms with Crippen LogP contribution in [0.2, 0.25) is 0 Å². The number of allylic oxidation sites excluding steroid dienone is 2. The van der Waals surface area contributed by atoms with Crippen molar-refractivity contribution in [1.82, 2.24) is 19.8 Å². The third-order valence-corrected chi connectivity index (χ3v) is 15.7. The molecule has 4 aliphatic heterocycles. The molecule has 0 radical (unpaired) electrons. The van der Waals surface area contributed by atoms with Crippen molar-refractivity contribution >= 4 is 40.6 Å². The number of alkyl halides is 6. The van der Waals surface area contributed by atoms with Crippen LogP contribution in [0.5, 0.6) is 0 Å². The number of urea groups is 2. The Bertz CT molecular complexity index is 2640. The van der Waals surface area contributed by atoms with Crippen LogP contribution < -0.4 is 20.4 Å². The molecule has 4 saturated heterocycles. The minimum Gasteiger partial charge on any atom is -0.378 e. The van der Waals surface area contributed by atoms with Gasteiger partial charge in [0.25, 0.3) is 0 Å². The molecule has 12 nitrogen and oxygen atoms in total. The lowest BCUT2D eigenvalue weighted by Gasteiger charge is -2.30. The van der Waals surface area contributed by atoms with Gasteiger partial charge in [-0.15, -0.1) is 0 Å². The van der Waals surface area contributed by atoms with Gasteiger partial charge >= 0.3 is 24.4 Å². The molecule has 5 fully saturated rings. The van der Waals surface area contributed by atoms with Gasteiger partial charge in [0.1, 0.15) is 11.6 Å². The molecule has 2 atom stereocenters. The monoisotopic (exact) mass is 1060 g/mol. The first-order valence-corrected chi connectivity index (χ1v) is 27.4. The van der Waals surface area contributed by atoms with Crippen molar-refractivity contribution in [2.75, 3.05) is 99.2 Å². The van der Waals surface area contributed by atoms with Gasteiger partial charge in [-0.2, -0.15) is 26.3 Å². The summed E-state index contributed by atoms with van der Waals surface area (Å²) < 4.78 is 87.8. The van der Waals surface area contributed by atoms with Crippen LogP contribution in [0.4, 0.5) is 58.9 Å². The smallest absolute Gasteiger partial charge is 0.378 e. The Morgan fingerprint density at radius 1 is 0.592 bits per heavy atom. The molecule has 4 amide bonds. The average molecular weight is 1060 g/mol. The normalized spacial score (nSPS) is 20.8. The van der Waals surface area contributed by atoms with E-state index in [0.29, 0.717) is 69.7 Å². The summed E-state index contributed by atoms with van der Waals surface area (Å²) in [6.45, 7) is 10.9. The quantitative estimate of drug-likeness (QED) is 0.151. The van der Waals surface area contributed by atoms with E-state index in [-0.39, 0.29) is 25.2 Å². The molecule has 4 aromatic rings. The zero-order valence-corrected chi connectivity index (χ0v) is 43.8. The lowest BCUT2D eigenvalue weighted by atomic mass is 9.85. The zero-order valence-electron chi connectivity index (χ0n) is 43.8. The number of hydrogen-bond acceptors (Lipinski definition) is 8. The Labute approximate surface area is 442 Å². The molecule has 18 heteroatoms. The third kappa shape index (κ3) is 14.8. The molecule has 2 aromatic heterocycles. The van der Waals surface area contributed by atoms with Crippen LogP contribution in [-0.4, -0.2) is 123 Å². The number of nitrogens with zero attached hydrogens (tertiary/aromatic N) is 6. The van der Waals surface area contributed by atoms with Gasteiger partial charge in [0, 0.05) is 88.2 Å². The maximum absolute atomic E-state index is 12.9. The maximum Gasteiger partial charge on any atom is 0.389 e. The highest BCUT2D eigenvalue weighted by Crippen LogP contribution is 2.39. The van der Waals surface area contributed by atoms with Crippen molar-refractivity contribution in [3.63, 3.8) is 0 Å². The van der Waals surface area contributed by atoms with Crippen molar-refractivity contribution in [3.05, 3.63) is 89.3 Å². The van der Waals surface area contributed by atoms with Gasteiger partial charge in [-0.05, 0) is 165 Å². The van der Waals surface area contributed by atoms with Gasteiger partial charge in [-0.3, -0.25) is 0 Å². The van der Waals surface area contributed by atoms with Crippen molar-refractivity contribution in [3.8, 4) is 22.3 Å². The number of carbonyl (C=O) groups excluding carboxylic acids is 2. The van der Waals surface area contributed by atoms with Gasteiger partial charge in [-0.1, -0.05) is 37.5 Å². The van der Waals surface area contributed by atoms with Crippen molar-refractivity contribution in [2.24, 2.45) is 11.8 Å². The summed E-state index contributed by atoms with van der Waals surface area (Å²) in [6, 6.07) is 19.4. The fourth-order valence-corrected chi connectivity index (χ4v) is 11.6. The number of anilines is 4. The molecule has 2 N–H and O–H groups in total. The van der Waals surface area contributed by atoms with Crippen LogP contribution >= 0.6 is 0 Å². The van der Waals surface area contributed by atoms with Gasteiger partial charge in [0.05, 0.1) is 32.1 Å². The number of pyridine rings is 2. The van der Waals surface area contributed by atoms with E-state index in [0.717, 1.165) is 115 Å². The molecular weight excluding hydrogens is 987 g/mol. The Morgan fingerprint density at radius 3 is 1.58 bits per heavy atom. The maximum atomic E-state index is 12.9. The number of hydrogen-bond donors (Lipinski definition) is 2. The number of halogens is 6. The fraction of sp³-hybridized carbons (Fsp3) is 0.552. The highest BCUT2D eigenvalue weighted by Gasteiger charge is 2.38. The van der Waals surface area contributed by atoms with E-state index in [4.69, 9.17) is 19.4 Å². The van der Waals surface area contributed by atoms with Crippen LogP contribution in [0.1, 0.15) is 112 Å². The average Bonchev–Trinajstić information content (AvgIpc) is 4.11. The minimum absolute atomic E-state index is 0.121. The second-order valence-electron chi connectivity index (χ2n) is 21.5. The number of aryl methyl sites for hydroxylation is 2. The molecule has 0 bridgehead atoms. The summed E-state index contributed by atoms with van der Waals surface area (Å²) in [7, 11) is 0. The number of ether oxygens (including phenoxy) is 2. The number of carbonyl (C=O) groups is 2. The standard InChI is InChI=1S/C29H37F3N4O2.C29H35F3N4O2/c2*1-20-7-8-24(33-28(37)36-10-9-21(19-36)18-29(30,31)32)17-25(20)23-15-26(22-5-3-2-4-6-22)34-27(16-23)35-11-13-38-14-12-35/h7-8,15-17,21-22H,2-6,9-14,18-19H2,1H3,(H,33,37);5,7-8,15-17,21H,2-4,6,9-14,18-19H2,1H3,(H,33,37)/t2*21-/m00/s1. The van der Waals surface area contributed by atoms with Crippen LogP contribution in [0, 0.1) is 25.7 Å². The fourth-order valence-electron chi connectivity index (χ4n) is 11.6.